The van der Waals surface area contributed by atoms with Crippen molar-refractivity contribution in [1.82, 2.24) is 0 Å². The SMILES string of the molecule is C[Si](C)(C)[CH2][Y]([CH2][Si](C)(C)C)[CH2][Si](C)(C)C. The maximum absolute atomic E-state index is 2.59. The van der Waals surface area contributed by atoms with Gasteiger partial charge in [-0.15, -0.1) is 0 Å². The van der Waals surface area contributed by atoms with Gasteiger partial charge in [0, 0.05) is 0 Å². The van der Waals surface area contributed by atoms with E-state index in [1.165, 1.54) is 0 Å². The van der Waals surface area contributed by atoms with Gasteiger partial charge in [-0.2, -0.15) is 0 Å². The van der Waals surface area contributed by atoms with Crippen molar-refractivity contribution < 1.29 is 27.4 Å². The number of hydrogen-bond acceptors (Lipinski definition) is 0. The molecule has 0 aromatic carbocycles. The molecule has 0 amide bonds. The predicted molar refractivity (Wildman–Crippen MR) is 84.5 cm³/mol. The molecule has 0 radical (unpaired) electrons. The zero-order chi connectivity index (χ0) is 13.2. The van der Waals surface area contributed by atoms with E-state index in [0.717, 1.165) is 0 Å². The summed E-state index contributed by atoms with van der Waals surface area (Å²) in [4.78, 5) is 0. The van der Waals surface area contributed by atoms with Gasteiger partial charge >= 0.3 is 119 Å². The van der Waals surface area contributed by atoms with E-state index >= 15 is 0 Å². The summed E-state index contributed by atoms with van der Waals surface area (Å²) in [5.74, 6) is 0. The van der Waals surface area contributed by atoms with Crippen molar-refractivity contribution in [3.8, 4) is 0 Å². The average Bonchev–Trinajstić information content (AvgIpc) is 1.70. The van der Waals surface area contributed by atoms with Crippen LogP contribution >= 0.6 is 0 Å². The summed E-state index contributed by atoms with van der Waals surface area (Å²) in [6.45, 7) is 23.3. The molecule has 0 N–H and O–H groups in total. The van der Waals surface area contributed by atoms with Crippen molar-refractivity contribution >= 4 is 24.2 Å². The Balaban J connectivity index is 4.53. The maximum atomic E-state index is 2.59. The van der Waals surface area contributed by atoms with E-state index in [4.69, 9.17) is 0 Å². The quantitative estimate of drug-likeness (QED) is 0.556. The fraction of sp³-hybridized carbons (Fsp3) is 1.00. The van der Waals surface area contributed by atoms with Gasteiger partial charge in [0.15, 0.2) is 0 Å². The second-order valence-corrected chi connectivity index (χ2v) is 39.0. The second-order valence-electron chi connectivity index (χ2n) is 9.16. The summed E-state index contributed by atoms with van der Waals surface area (Å²) in [5.41, 5.74) is 0. The summed E-state index contributed by atoms with van der Waals surface area (Å²) in [7, 11) is -2.35. The molecule has 0 spiro atoms. The number of rotatable bonds is 6. The Morgan fingerprint density at radius 2 is 0.688 bits per heavy atom. The molecule has 0 saturated carbocycles. The van der Waals surface area contributed by atoms with Crippen LogP contribution in [0.15, 0.2) is 0 Å². The van der Waals surface area contributed by atoms with Gasteiger partial charge in [-0.05, 0) is 0 Å². The van der Waals surface area contributed by atoms with E-state index in [0.29, 0.717) is 0 Å². The van der Waals surface area contributed by atoms with Crippen molar-refractivity contribution in [3.63, 3.8) is 0 Å². The molecule has 16 heavy (non-hydrogen) atoms. The third-order valence-electron chi connectivity index (χ3n) is 2.70. The van der Waals surface area contributed by atoms with Gasteiger partial charge < -0.3 is 0 Å². The predicted octanol–water partition coefficient (Wildman–Crippen LogP) is 5.49. The molecule has 0 heterocycles. The van der Waals surface area contributed by atoms with Crippen LogP contribution in [-0.4, -0.2) is 24.2 Å². The summed E-state index contributed by atoms with van der Waals surface area (Å²) in [6, 6.07) is 0. The summed E-state index contributed by atoms with van der Waals surface area (Å²) in [5, 5.41) is 0. The van der Waals surface area contributed by atoms with E-state index in [2.05, 4.69) is 58.9 Å². The normalized spacial score (nSPS) is 14.1. The van der Waals surface area contributed by atoms with Crippen LogP contribution in [0, 0.1) is 0 Å². The van der Waals surface area contributed by atoms with Crippen molar-refractivity contribution in [3.05, 3.63) is 0 Å². The molecule has 0 aromatic heterocycles. The van der Waals surface area contributed by atoms with E-state index in [9.17, 15) is 0 Å². The zero-order valence-electron chi connectivity index (χ0n) is 13.2. The molecular weight excluding hydrogens is 317 g/mol. The van der Waals surface area contributed by atoms with Crippen LogP contribution in [0.25, 0.3) is 0 Å². The van der Waals surface area contributed by atoms with Gasteiger partial charge in [0.25, 0.3) is 0 Å². The fourth-order valence-corrected chi connectivity index (χ4v) is 57.6. The monoisotopic (exact) mass is 350 g/mol. The molecule has 0 aromatic rings. The van der Waals surface area contributed by atoms with Crippen LogP contribution < -0.4 is 0 Å². The van der Waals surface area contributed by atoms with Crippen LogP contribution in [0.4, 0.5) is 0 Å². The molecule has 4 heteroatoms. The van der Waals surface area contributed by atoms with Gasteiger partial charge in [-0.25, -0.2) is 0 Å². The summed E-state index contributed by atoms with van der Waals surface area (Å²) in [6.07, 6.45) is 0. The molecule has 0 aliphatic carbocycles. The standard InChI is InChI=1S/3C4H11Si.Y/c3*1-5(2,3)4;/h3*1H2,2-4H3;. The Morgan fingerprint density at radius 1 is 0.500 bits per heavy atom. The van der Waals surface area contributed by atoms with Gasteiger partial charge in [0.2, 0.25) is 0 Å². The third kappa shape index (κ3) is 12.2. The number of hydrogen-bond donors (Lipinski definition) is 0. The first-order valence-electron chi connectivity index (χ1n) is 6.79. The first-order chi connectivity index (χ1) is 6.79. The fourth-order valence-electron chi connectivity index (χ4n) is 2.81. The second kappa shape index (κ2) is 6.27. The molecule has 0 rings (SSSR count). The Bertz CT molecular complexity index is 170. The molecule has 0 aliphatic rings. The van der Waals surface area contributed by atoms with Crippen LogP contribution in [0.2, 0.25) is 67.5 Å². The van der Waals surface area contributed by atoms with Gasteiger partial charge in [0.1, 0.15) is 0 Å². The first kappa shape index (κ1) is 17.8. The van der Waals surface area contributed by atoms with Gasteiger partial charge in [0.05, 0.1) is 0 Å². The van der Waals surface area contributed by atoms with E-state index in [-0.39, 0.29) is 0 Å². The summed E-state index contributed by atoms with van der Waals surface area (Å²) >= 11 is -1.18. The summed E-state index contributed by atoms with van der Waals surface area (Å²) < 4.78 is 5.30. The minimum atomic E-state index is -1.18. The Morgan fingerprint density at radius 3 is 0.812 bits per heavy atom. The van der Waals surface area contributed by atoms with E-state index in [1.807, 2.05) is 0 Å². The third-order valence-corrected chi connectivity index (χ3v) is 48.0. The van der Waals surface area contributed by atoms with Crippen LogP contribution in [0.1, 0.15) is 0 Å². The zero-order valence-corrected chi connectivity index (χ0v) is 19.0. The van der Waals surface area contributed by atoms with E-state index < -0.39 is 51.7 Å². The molecule has 0 atom stereocenters. The van der Waals surface area contributed by atoms with Crippen LogP contribution in [0.3, 0.4) is 0 Å². The van der Waals surface area contributed by atoms with Gasteiger partial charge in [-0.3, -0.25) is 0 Å². The molecule has 0 aliphatic heterocycles. The molecule has 0 bridgehead atoms. The Labute approximate surface area is 118 Å². The van der Waals surface area contributed by atoms with Crippen molar-refractivity contribution in [2.24, 2.45) is 0 Å². The van der Waals surface area contributed by atoms with Gasteiger partial charge in [-0.1, -0.05) is 0 Å². The average molecular weight is 351 g/mol. The van der Waals surface area contributed by atoms with Crippen molar-refractivity contribution in [2.75, 3.05) is 0 Å². The topological polar surface area (TPSA) is 0 Å². The molecule has 0 unspecified atom stereocenters. The molecule has 0 fully saturated rings. The van der Waals surface area contributed by atoms with Crippen LogP contribution in [0.5, 0.6) is 0 Å². The molecule has 0 saturated heterocycles. The molecule has 96 valence electrons. The van der Waals surface area contributed by atoms with Crippen molar-refractivity contribution in [2.45, 2.75) is 67.5 Å². The first-order valence-corrected chi connectivity index (χ1v) is 23.9. The molecular formula is C12H33Si3Y. The van der Waals surface area contributed by atoms with E-state index in [1.54, 1.807) is 8.56 Å². The molecule has 0 nitrogen and oxygen atoms in total. The van der Waals surface area contributed by atoms with Crippen molar-refractivity contribution in [1.29, 1.82) is 0 Å². The Kier molecular flexibility index (Phi) is 6.96. The Hall–Kier alpha value is 1.75. The minimum absolute atomic E-state index is 0.782. The van der Waals surface area contributed by atoms with Crippen LogP contribution in [-0.2, 0) is 27.4 Å².